The van der Waals surface area contributed by atoms with Crippen LogP contribution in [-0.4, -0.2) is 11.0 Å². The number of hydrogen-bond donors (Lipinski definition) is 2. The van der Waals surface area contributed by atoms with Crippen LogP contribution in [0.2, 0.25) is 0 Å². The Morgan fingerprint density at radius 2 is 2.12 bits per heavy atom. The fourth-order valence-corrected chi connectivity index (χ4v) is 2.43. The number of nitrogens with one attached hydrogen (secondary N) is 1. The molecule has 1 aliphatic rings. The van der Waals surface area contributed by atoms with Crippen molar-refractivity contribution in [3.8, 4) is 0 Å². The van der Waals surface area contributed by atoms with Crippen molar-refractivity contribution >= 4 is 11.5 Å². The van der Waals surface area contributed by atoms with E-state index >= 15 is 0 Å². The van der Waals surface area contributed by atoms with Crippen LogP contribution in [0.15, 0.2) is 12.3 Å². The Balaban J connectivity index is 2.12. The molecule has 3 nitrogen and oxygen atoms in total. The Labute approximate surface area is 97.5 Å². The van der Waals surface area contributed by atoms with Gasteiger partial charge in [0, 0.05) is 12.2 Å². The van der Waals surface area contributed by atoms with Crippen molar-refractivity contribution in [2.45, 2.75) is 39.7 Å². The van der Waals surface area contributed by atoms with Crippen molar-refractivity contribution in [3.63, 3.8) is 0 Å². The van der Waals surface area contributed by atoms with E-state index < -0.39 is 0 Å². The third-order valence-electron chi connectivity index (χ3n) is 4.00. The van der Waals surface area contributed by atoms with Gasteiger partial charge in [0.15, 0.2) is 0 Å². The van der Waals surface area contributed by atoms with Gasteiger partial charge in [-0.15, -0.1) is 0 Å². The molecule has 1 aliphatic carbocycles. The Kier molecular flexibility index (Phi) is 3.03. The largest absolute Gasteiger partial charge is 0.396 e. The number of hydrogen-bond acceptors (Lipinski definition) is 3. The van der Waals surface area contributed by atoms with Crippen LogP contribution < -0.4 is 11.1 Å². The van der Waals surface area contributed by atoms with Crippen molar-refractivity contribution in [2.24, 2.45) is 11.8 Å². The molecule has 2 rings (SSSR count). The SMILES string of the molecule is Cc1ccnc(NC2CCC(C)C2C)c1N. The van der Waals surface area contributed by atoms with Crippen molar-refractivity contribution < 1.29 is 0 Å². The highest BCUT2D eigenvalue weighted by Gasteiger charge is 2.30. The normalized spacial score (nSPS) is 29.3. The molecule has 16 heavy (non-hydrogen) atoms. The summed E-state index contributed by atoms with van der Waals surface area (Å²) in [4.78, 5) is 4.33. The van der Waals surface area contributed by atoms with E-state index in [2.05, 4.69) is 24.1 Å². The minimum Gasteiger partial charge on any atom is -0.396 e. The molecule has 3 unspecified atom stereocenters. The quantitative estimate of drug-likeness (QED) is 0.804. The van der Waals surface area contributed by atoms with Crippen molar-refractivity contribution in [1.82, 2.24) is 4.98 Å². The summed E-state index contributed by atoms with van der Waals surface area (Å²) >= 11 is 0. The Morgan fingerprint density at radius 3 is 2.75 bits per heavy atom. The van der Waals surface area contributed by atoms with Crippen LogP contribution in [0, 0.1) is 18.8 Å². The number of nitrogens with two attached hydrogens (primary N) is 1. The van der Waals surface area contributed by atoms with Crippen LogP contribution in [0.3, 0.4) is 0 Å². The zero-order valence-corrected chi connectivity index (χ0v) is 10.3. The van der Waals surface area contributed by atoms with Gasteiger partial charge in [-0.3, -0.25) is 0 Å². The molecule has 0 spiro atoms. The van der Waals surface area contributed by atoms with E-state index in [1.54, 1.807) is 0 Å². The van der Waals surface area contributed by atoms with E-state index in [0.717, 1.165) is 23.0 Å². The van der Waals surface area contributed by atoms with Crippen LogP contribution in [0.5, 0.6) is 0 Å². The average molecular weight is 219 g/mol. The summed E-state index contributed by atoms with van der Waals surface area (Å²) in [5.41, 5.74) is 7.90. The van der Waals surface area contributed by atoms with Crippen LogP contribution in [0.4, 0.5) is 11.5 Å². The first kappa shape index (κ1) is 11.2. The first-order valence-electron chi connectivity index (χ1n) is 6.07. The predicted molar refractivity (Wildman–Crippen MR) is 68.4 cm³/mol. The highest BCUT2D eigenvalue weighted by molar-refractivity contribution is 5.65. The van der Waals surface area contributed by atoms with E-state index in [0.29, 0.717) is 12.0 Å². The van der Waals surface area contributed by atoms with Crippen LogP contribution in [-0.2, 0) is 0 Å². The van der Waals surface area contributed by atoms with E-state index in [9.17, 15) is 0 Å². The maximum absolute atomic E-state index is 6.02. The van der Waals surface area contributed by atoms with Crippen molar-refractivity contribution in [3.05, 3.63) is 17.8 Å². The van der Waals surface area contributed by atoms with E-state index in [4.69, 9.17) is 5.73 Å². The number of anilines is 2. The van der Waals surface area contributed by atoms with Crippen LogP contribution in [0.25, 0.3) is 0 Å². The Bertz CT molecular complexity index is 375. The average Bonchev–Trinajstić information content (AvgIpc) is 2.57. The van der Waals surface area contributed by atoms with E-state index in [1.807, 2.05) is 19.2 Å². The lowest BCUT2D eigenvalue weighted by Crippen LogP contribution is -2.25. The van der Waals surface area contributed by atoms with E-state index in [-0.39, 0.29) is 0 Å². The van der Waals surface area contributed by atoms with Gasteiger partial charge in [0.1, 0.15) is 5.82 Å². The van der Waals surface area contributed by atoms with Gasteiger partial charge in [0.25, 0.3) is 0 Å². The highest BCUT2D eigenvalue weighted by Crippen LogP contribution is 2.34. The summed E-state index contributed by atoms with van der Waals surface area (Å²) in [6.07, 6.45) is 4.33. The number of aryl methyl sites for hydroxylation is 1. The number of nitrogens with zero attached hydrogens (tertiary/aromatic N) is 1. The predicted octanol–water partition coefficient (Wildman–Crippen LogP) is 2.82. The molecule has 1 aromatic rings. The van der Waals surface area contributed by atoms with Crippen LogP contribution in [0.1, 0.15) is 32.3 Å². The molecule has 1 fully saturated rings. The Hall–Kier alpha value is -1.25. The molecule has 1 saturated carbocycles. The van der Waals surface area contributed by atoms with Crippen molar-refractivity contribution in [2.75, 3.05) is 11.1 Å². The first-order valence-corrected chi connectivity index (χ1v) is 6.07. The van der Waals surface area contributed by atoms with Gasteiger partial charge < -0.3 is 11.1 Å². The smallest absolute Gasteiger partial charge is 0.149 e. The fraction of sp³-hybridized carbons (Fsp3) is 0.615. The second-order valence-electron chi connectivity index (χ2n) is 5.05. The lowest BCUT2D eigenvalue weighted by molar-refractivity contribution is 0.435. The molecule has 88 valence electrons. The molecule has 3 N–H and O–H groups in total. The van der Waals surface area contributed by atoms with Gasteiger partial charge in [-0.05, 0) is 43.2 Å². The van der Waals surface area contributed by atoms with Gasteiger partial charge in [-0.25, -0.2) is 4.98 Å². The molecular weight excluding hydrogens is 198 g/mol. The van der Waals surface area contributed by atoms with Crippen molar-refractivity contribution in [1.29, 1.82) is 0 Å². The Morgan fingerprint density at radius 1 is 1.38 bits per heavy atom. The maximum atomic E-state index is 6.02. The topological polar surface area (TPSA) is 50.9 Å². The summed E-state index contributed by atoms with van der Waals surface area (Å²) in [7, 11) is 0. The summed E-state index contributed by atoms with van der Waals surface area (Å²) in [5, 5.41) is 3.49. The number of pyridine rings is 1. The molecule has 0 aromatic carbocycles. The molecule has 0 bridgehead atoms. The minimum atomic E-state index is 0.520. The van der Waals surface area contributed by atoms with E-state index in [1.165, 1.54) is 12.8 Å². The summed E-state index contributed by atoms with van der Waals surface area (Å²) in [6, 6.07) is 2.47. The third kappa shape index (κ3) is 1.99. The maximum Gasteiger partial charge on any atom is 0.149 e. The summed E-state index contributed by atoms with van der Waals surface area (Å²) in [5.74, 6) is 2.34. The number of rotatable bonds is 2. The number of nitrogen functional groups attached to an aromatic ring is 1. The summed E-state index contributed by atoms with van der Waals surface area (Å²) in [6.45, 7) is 6.64. The lowest BCUT2D eigenvalue weighted by Gasteiger charge is -2.21. The molecule has 3 heteroatoms. The van der Waals surface area contributed by atoms with Gasteiger partial charge in [-0.1, -0.05) is 13.8 Å². The van der Waals surface area contributed by atoms with Crippen LogP contribution >= 0.6 is 0 Å². The molecule has 1 heterocycles. The van der Waals surface area contributed by atoms with Gasteiger partial charge >= 0.3 is 0 Å². The summed E-state index contributed by atoms with van der Waals surface area (Å²) < 4.78 is 0. The molecule has 0 saturated heterocycles. The fourth-order valence-electron chi connectivity index (χ4n) is 2.43. The van der Waals surface area contributed by atoms with Gasteiger partial charge in [0.05, 0.1) is 5.69 Å². The minimum absolute atomic E-state index is 0.520. The van der Waals surface area contributed by atoms with Gasteiger partial charge in [0.2, 0.25) is 0 Å². The second-order valence-corrected chi connectivity index (χ2v) is 5.05. The molecule has 0 radical (unpaired) electrons. The molecular formula is C13H21N3. The molecule has 0 amide bonds. The monoisotopic (exact) mass is 219 g/mol. The molecule has 0 aliphatic heterocycles. The van der Waals surface area contributed by atoms with Gasteiger partial charge in [-0.2, -0.15) is 0 Å². The first-order chi connectivity index (χ1) is 7.59. The highest BCUT2D eigenvalue weighted by atomic mass is 15.0. The standard InChI is InChI=1S/C13H21N3/c1-8-4-5-11(10(8)3)16-13-12(14)9(2)6-7-15-13/h6-8,10-11H,4-5,14H2,1-3H3,(H,15,16). The number of aromatic nitrogens is 1. The molecule has 1 aromatic heterocycles. The zero-order chi connectivity index (χ0) is 11.7. The zero-order valence-electron chi connectivity index (χ0n) is 10.3. The second kappa shape index (κ2) is 4.32. The third-order valence-corrected chi connectivity index (χ3v) is 4.00. The lowest BCUT2D eigenvalue weighted by atomic mass is 9.98. The molecule has 3 atom stereocenters.